The smallest absolute Gasteiger partial charge is 0.393 e. The fourth-order valence-electron chi connectivity index (χ4n) is 2.63. The van der Waals surface area contributed by atoms with Gasteiger partial charge in [-0.05, 0) is 38.5 Å². The SMILES string of the molecule is CO[Si](CCCN)(OC)O[Si](C)(CCC(F)(F)F)O[Si](CCCN)(OC)OC. The summed E-state index contributed by atoms with van der Waals surface area (Å²) in [6.07, 6.45) is -4.33. The monoisotopic (exact) mass is 468 g/mol. The van der Waals surface area contributed by atoms with Crippen LogP contribution in [0.2, 0.25) is 24.7 Å². The van der Waals surface area contributed by atoms with Gasteiger partial charge in [-0.15, -0.1) is 0 Å². The van der Waals surface area contributed by atoms with Crippen molar-refractivity contribution in [3.8, 4) is 0 Å². The molecule has 0 aromatic rings. The van der Waals surface area contributed by atoms with Gasteiger partial charge in [-0.25, -0.2) is 0 Å². The van der Waals surface area contributed by atoms with E-state index in [4.69, 9.17) is 37.4 Å². The Morgan fingerprint density at radius 3 is 1.32 bits per heavy atom. The third-order valence-corrected chi connectivity index (χ3v) is 15.7. The van der Waals surface area contributed by atoms with Gasteiger partial charge in [0.1, 0.15) is 0 Å². The van der Waals surface area contributed by atoms with E-state index < -0.39 is 38.8 Å². The lowest BCUT2D eigenvalue weighted by Crippen LogP contribution is -2.61. The van der Waals surface area contributed by atoms with Gasteiger partial charge in [-0.1, -0.05) is 0 Å². The zero-order valence-corrected chi connectivity index (χ0v) is 20.4. The first-order valence-electron chi connectivity index (χ1n) is 9.06. The first-order chi connectivity index (χ1) is 13.0. The molecule has 0 fully saturated rings. The zero-order valence-electron chi connectivity index (χ0n) is 17.4. The third kappa shape index (κ3) is 9.75. The minimum atomic E-state index is -4.36. The second kappa shape index (κ2) is 12.7. The Hall–Kier alpha value is 0.121. The molecule has 0 aromatic heterocycles. The van der Waals surface area contributed by atoms with E-state index in [2.05, 4.69) is 0 Å². The molecule has 0 rings (SSSR count). The number of halogens is 3. The van der Waals surface area contributed by atoms with Crippen LogP contribution in [0.4, 0.5) is 13.2 Å². The summed E-state index contributed by atoms with van der Waals surface area (Å²) in [5, 5.41) is 0. The van der Waals surface area contributed by atoms with Gasteiger partial charge in [0.2, 0.25) is 0 Å². The molecule has 0 radical (unpaired) electrons. The predicted octanol–water partition coefficient (Wildman–Crippen LogP) is 2.21. The minimum Gasteiger partial charge on any atom is -0.393 e. The maximum Gasteiger partial charge on any atom is 0.491 e. The summed E-state index contributed by atoms with van der Waals surface area (Å²) in [5.74, 6) is 0. The number of alkyl halides is 3. The minimum absolute atomic E-state index is 0.343. The number of rotatable bonds is 16. The average Bonchev–Trinajstić information content (AvgIpc) is 2.67. The van der Waals surface area contributed by atoms with Crippen LogP contribution in [-0.4, -0.2) is 73.9 Å². The Labute approximate surface area is 168 Å². The fourth-order valence-corrected chi connectivity index (χ4v) is 14.6. The fraction of sp³-hybridized carbons (Fsp3) is 1.00. The Balaban J connectivity index is 5.77. The van der Waals surface area contributed by atoms with Crippen molar-refractivity contribution in [1.29, 1.82) is 0 Å². The van der Waals surface area contributed by atoms with E-state index in [0.717, 1.165) is 0 Å². The van der Waals surface area contributed by atoms with Gasteiger partial charge in [-0.3, -0.25) is 0 Å². The molecule has 0 saturated carbocycles. The molecule has 0 aliphatic heterocycles. The lowest BCUT2D eigenvalue weighted by Gasteiger charge is -2.41. The number of hydrogen-bond acceptors (Lipinski definition) is 8. The summed E-state index contributed by atoms with van der Waals surface area (Å²) >= 11 is 0. The molecule has 8 nitrogen and oxygen atoms in total. The van der Waals surface area contributed by atoms with Crippen molar-refractivity contribution < 1.29 is 39.1 Å². The molecule has 0 spiro atoms. The van der Waals surface area contributed by atoms with E-state index in [1.807, 2.05) is 0 Å². The highest BCUT2D eigenvalue weighted by Crippen LogP contribution is 2.34. The lowest BCUT2D eigenvalue weighted by atomic mass is 10.5. The van der Waals surface area contributed by atoms with Gasteiger partial charge < -0.3 is 37.4 Å². The summed E-state index contributed by atoms with van der Waals surface area (Å²) < 4.78 is 73.2. The van der Waals surface area contributed by atoms with E-state index in [9.17, 15) is 13.2 Å². The molecule has 0 aromatic carbocycles. The van der Waals surface area contributed by atoms with Gasteiger partial charge in [0.15, 0.2) is 0 Å². The maximum atomic E-state index is 13.0. The van der Waals surface area contributed by atoms with E-state index in [-0.39, 0.29) is 6.04 Å². The average molecular weight is 469 g/mol. The Bertz CT molecular complexity index is 404. The molecular formula is C14H35F3N2O6Si3. The summed E-state index contributed by atoms with van der Waals surface area (Å²) in [7, 11) is -4.39. The van der Waals surface area contributed by atoms with Crippen molar-refractivity contribution in [3.63, 3.8) is 0 Å². The van der Waals surface area contributed by atoms with Crippen molar-refractivity contribution in [2.45, 2.75) is 50.1 Å². The Morgan fingerprint density at radius 1 is 0.714 bits per heavy atom. The van der Waals surface area contributed by atoms with Crippen molar-refractivity contribution in [3.05, 3.63) is 0 Å². The molecule has 0 atom stereocenters. The quantitative estimate of drug-likeness (QED) is 0.332. The first kappa shape index (κ1) is 28.1. The molecule has 0 saturated heterocycles. The van der Waals surface area contributed by atoms with E-state index in [0.29, 0.717) is 38.0 Å². The molecule has 4 N–H and O–H groups in total. The third-order valence-electron chi connectivity index (χ3n) is 4.22. The van der Waals surface area contributed by atoms with Crippen LogP contribution in [0.3, 0.4) is 0 Å². The Kier molecular flexibility index (Phi) is 12.8. The van der Waals surface area contributed by atoms with Crippen molar-refractivity contribution in [1.82, 2.24) is 0 Å². The normalized spacial score (nSPS) is 13.9. The zero-order chi connectivity index (χ0) is 21.9. The predicted molar refractivity (Wildman–Crippen MR) is 106 cm³/mol. The van der Waals surface area contributed by atoms with Crippen LogP contribution in [0.15, 0.2) is 0 Å². The molecule has 14 heteroatoms. The lowest BCUT2D eigenvalue weighted by molar-refractivity contribution is -0.131. The van der Waals surface area contributed by atoms with Crippen LogP contribution in [0.25, 0.3) is 0 Å². The number of nitrogens with two attached hydrogens (primary N) is 2. The maximum absolute atomic E-state index is 13.0. The molecule has 0 heterocycles. The van der Waals surface area contributed by atoms with Crippen LogP contribution in [0.1, 0.15) is 19.3 Å². The highest BCUT2D eigenvalue weighted by molar-refractivity contribution is 6.83. The molecule has 0 bridgehead atoms. The molecule has 28 heavy (non-hydrogen) atoms. The van der Waals surface area contributed by atoms with E-state index in [1.54, 1.807) is 6.55 Å². The molecule has 0 unspecified atom stereocenters. The first-order valence-corrected chi connectivity index (χ1v) is 15.5. The van der Waals surface area contributed by atoms with Crippen molar-refractivity contribution in [2.75, 3.05) is 41.5 Å². The summed E-state index contributed by atoms with van der Waals surface area (Å²) in [5.41, 5.74) is 11.1. The Morgan fingerprint density at radius 2 is 1.07 bits per heavy atom. The van der Waals surface area contributed by atoms with Crippen LogP contribution < -0.4 is 11.5 Å². The second-order valence-corrected chi connectivity index (χ2v) is 16.2. The van der Waals surface area contributed by atoms with Gasteiger partial charge in [-0.2, -0.15) is 13.2 Å². The van der Waals surface area contributed by atoms with Crippen LogP contribution >= 0.6 is 0 Å². The molecular weight excluding hydrogens is 433 g/mol. The topological polar surface area (TPSA) is 107 Å². The van der Waals surface area contributed by atoms with Gasteiger partial charge in [0, 0.05) is 46.9 Å². The van der Waals surface area contributed by atoms with Crippen molar-refractivity contribution in [2.24, 2.45) is 11.5 Å². The van der Waals surface area contributed by atoms with Gasteiger partial charge >= 0.3 is 32.3 Å². The van der Waals surface area contributed by atoms with Gasteiger partial charge in [0.05, 0.1) is 0 Å². The molecule has 170 valence electrons. The van der Waals surface area contributed by atoms with E-state index >= 15 is 0 Å². The highest BCUT2D eigenvalue weighted by Gasteiger charge is 2.54. The molecule has 0 aliphatic carbocycles. The van der Waals surface area contributed by atoms with Crippen molar-refractivity contribution >= 4 is 26.2 Å². The second-order valence-electron chi connectivity index (χ2n) is 6.42. The van der Waals surface area contributed by atoms with Crippen LogP contribution in [0.5, 0.6) is 0 Å². The number of hydrogen-bond donors (Lipinski definition) is 2. The molecule has 0 amide bonds. The van der Waals surface area contributed by atoms with Crippen LogP contribution in [0, 0.1) is 0 Å². The summed E-state index contributed by atoms with van der Waals surface area (Å²) in [6.45, 7) is 2.30. The van der Waals surface area contributed by atoms with E-state index in [1.165, 1.54) is 28.4 Å². The largest absolute Gasteiger partial charge is 0.491 e. The van der Waals surface area contributed by atoms with Crippen LogP contribution in [-0.2, 0) is 25.9 Å². The highest BCUT2D eigenvalue weighted by atomic mass is 28.5. The summed E-state index contributed by atoms with van der Waals surface area (Å²) in [6, 6.07) is 0.391. The van der Waals surface area contributed by atoms with Gasteiger partial charge in [0.25, 0.3) is 0 Å². The summed E-state index contributed by atoms with van der Waals surface area (Å²) in [4.78, 5) is 0. The standard InChI is InChI=1S/C14H35F3N2O6Si3/c1-20-27(21-2,11-6-9-18)24-26(5,13-8-14(15,16)17)25-28(22-3,23-4)12-7-10-19/h6-13,18-19H2,1-5H3. The molecule has 0 aliphatic rings.